The summed E-state index contributed by atoms with van der Waals surface area (Å²) in [5.41, 5.74) is 4.87. The van der Waals surface area contributed by atoms with Crippen molar-refractivity contribution in [1.29, 1.82) is 0 Å². The molecule has 0 heterocycles. The zero-order chi connectivity index (χ0) is 21.7. The molecular formula is C24H22Cl2O4. The van der Waals surface area contributed by atoms with Gasteiger partial charge in [-0.05, 0) is 47.4 Å². The van der Waals surface area contributed by atoms with E-state index in [2.05, 4.69) is 29.0 Å². The summed E-state index contributed by atoms with van der Waals surface area (Å²) in [5, 5.41) is 11.2. The van der Waals surface area contributed by atoms with Crippen LogP contribution in [0.15, 0.2) is 54.6 Å². The van der Waals surface area contributed by atoms with Gasteiger partial charge in [0.25, 0.3) is 0 Å². The highest BCUT2D eigenvalue weighted by Crippen LogP contribution is 2.33. The smallest absolute Gasteiger partial charge is 0.343 e. The van der Waals surface area contributed by atoms with Crippen LogP contribution in [0.2, 0.25) is 10.0 Å². The number of carbonyl (C=O) groups excluding carboxylic acids is 1. The zero-order valence-electron chi connectivity index (χ0n) is 16.7. The third-order valence-electron chi connectivity index (χ3n) is 4.74. The standard InChI is InChI=1S/C24H22Cl2O4/c1-15-3-5-16(6-4-15)9-18-10-17(7-8-23(18)27)11-20-21(25)12-19(13-22(20)26)30-14-24(28)29-2/h3-8,10,12-13,27H,9,11,14H2,1-2H3. The number of aromatic hydroxyl groups is 1. The van der Waals surface area contributed by atoms with Gasteiger partial charge in [0.05, 0.1) is 7.11 Å². The first-order valence-electron chi connectivity index (χ1n) is 9.39. The number of benzene rings is 3. The Morgan fingerprint density at radius 3 is 2.20 bits per heavy atom. The number of hydrogen-bond acceptors (Lipinski definition) is 4. The summed E-state index contributed by atoms with van der Waals surface area (Å²) in [4.78, 5) is 11.2. The molecule has 0 fully saturated rings. The molecular weight excluding hydrogens is 423 g/mol. The van der Waals surface area contributed by atoms with Crippen LogP contribution in [-0.4, -0.2) is 24.8 Å². The first-order valence-corrected chi connectivity index (χ1v) is 10.1. The third kappa shape index (κ3) is 5.68. The van der Waals surface area contributed by atoms with Crippen molar-refractivity contribution < 1.29 is 19.4 Å². The fourth-order valence-corrected chi connectivity index (χ4v) is 3.65. The van der Waals surface area contributed by atoms with E-state index in [1.54, 1.807) is 18.2 Å². The number of aryl methyl sites for hydroxylation is 1. The maximum atomic E-state index is 11.2. The molecule has 156 valence electrons. The van der Waals surface area contributed by atoms with Gasteiger partial charge < -0.3 is 14.6 Å². The number of phenols is 1. The van der Waals surface area contributed by atoms with Crippen LogP contribution in [0.5, 0.6) is 11.5 Å². The van der Waals surface area contributed by atoms with Gasteiger partial charge in [0.15, 0.2) is 6.61 Å². The molecule has 3 rings (SSSR count). The molecule has 0 saturated carbocycles. The highest BCUT2D eigenvalue weighted by Gasteiger charge is 2.13. The van der Waals surface area contributed by atoms with E-state index in [0.717, 1.165) is 22.3 Å². The van der Waals surface area contributed by atoms with Gasteiger partial charge in [-0.1, -0.05) is 65.2 Å². The van der Waals surface area contributed by atoms with Gasteiger partial charge in [-0.25, -0.2) is 4.79 Å². The molecule has 0 radical (unpaired) electrons. The first-order chi connectivity index (χ1) is 14.4. The number of carbonyl (C=O) groups is 1. The summed E-state index contributed by atoms with van der Waals surface area (Å²) in [6.07, 6.45) is 1.12. The number of hydrogen-bond donors (Lipinski definition) is 1. The molecule has 4 nitrogen and oxygen atoms in total. The summed E-state index contributed by atoms with van der Waals surface area (Å²) in [6.45, 7) is 1.82. The second-order valence-electron chi connectivity index (χ2n) is 7.03. The van der Waals surface area contributed by atoms with Crippen LogP contribution in [0.3, 0.4) is 0 Å². The van der Waals surface area contributed by atoms with E-state index in [9.17, 15) is 9.90 Å². The van der Waals surface area contributed by atoms with Crippen LogP contribution >= 0.6 is 23.2 Å². The average Bonchev–Trinajstić information content (AvgIpc) is 2.72. The summed E-state index contributed by atoms with van der Waals surface area (Å²) in [5.74, 6) is 0.157. The highest BCUT2D eigenvalue weighted by molar-refractivity contribution is 6.36. The molecule has 0 unspecified atom stereocenters. The van der Waals surface area contributed by atoms with Gasteiger partial charge in [0.1, 0.15) is 11.5 Å². The number of esters is 1. The van der Waals surface area contributed by atoms with E-state index in [-0.39, 0.29) is 12.4 Å². The molecule has 0 saturated heterocycles. The van der Waals surface area contributed by atoms with Gasteiger partial charge in [-0.3, -0.25) is 0 Å². The lowest BCUT2D eigenvalue weighted by Gasteiger charge is -2.13. The lowest BCUT2D eigenvalue weighted by atomic mass is 9.98. The number of ether oxygens (including phenoxy) is 2. The molecule has 0 amide bonds. The fraction of sp³-hybridized carbons (Fsp3) is 0.208. The predicted octanol–water partition coefficient (Wildman–Crippen LogP) is 5.74. The number of rotatable bonds is 7. The Bertz CT molecular complexity index is 1020. The minimum absolute atomic E-state index is 0.219. The van der Waals surface area contributed by atoms with Gasteiger partial charge in [-0.2, -0.15) is 0 Å². The Balaban J connectivity index is 1.78. The van der Waals surface area contributed by atoms with Gasteiger partial charge >= 0.3 is 5.97 Å². The molecule has 0 atom stereocenters. The van der Waals surface area contributed by atoms with Gasteiger partial charge in [0, 0.05) is 22.9 Å². The van der Waals surface area contributed by atoms with E-state index < -0.39 is 5.97 Å². The van der Waals surface area contributed by atoms with E-state index in [1.807, 2.05) is 19.1 Å². The average molecular weight is 445 g/mol. The molecule has 3 aromatic carbocycles. The molecule has 30 heavy (non-hydrogen) atoms. The van der Waals surface area contributed by atoms with Crippen LogP contribution in [0.1, 0.15) is 27.8 Å². The van der Waals surface area contributed by atoms with Crippen LogP contribution in [0.4, 0.5) is 0 Å². The quantitative estimate of drug-likeness (QED) is 0.471. The Morgan fingerprint density at radius 2 is 1.57 bits per heavy atom. The summed E-state index contributed by atoms with van der Waals surface area (Å²) < 4.78 is 9.91. The first kappa shape index (κ1) is 22.0. The van der Waals surface area contributed by atoms with Crippen molar-refractivity contribution in [2.24, 2.45) is 0 Å². The SMILES string of the molecule is COC(=O)COc1cc(Cl)c(Cc2ccc(O)c(Cc3ccc(C)cc3)c2)c(Cl)c1. The lowest BCUT2D eigenvalue weighted by Crippen LogP contribution is -2.12. The second-order valence-corrected chi connectivity index (χ2v) is 7.85. The maximum Gasteiger partial charge on any atom is 0.343 e. The zero-order valence-corrected chi connectivity index (χ0v) is 18.3. The number of halogens is 2. The molecule has 0 aromatic heterocycles. The molecule has 0 aliphatic rings. The molecule has 0 spiro atoms. The van der Waals surface area contributed by atoms with Crippen molar-refractivity contribution in [2.45, 2.75) is 19.8 Å². The lowest BCUT2D eigenvalue weighted by molar-refractivity contribution is -0.142. The largest absolute Gasteiger partial charge is 0.508 e. The van der Waals surface area contributed by atoms with Crippen LogP contribution in [0.25, 0.3) is 0 Å². The number of phenolic OH excluding ortho intramolecular Hbond substituents is 1. The van der Waals surface area contributed by atoms with E-state index in [1.165, 1.54) is 12.7 Å². The highest BCUT2D eigenvalue weighted by atomic mass is 35.5. The van der Waals surface area contributed by atoms with Crippen LogP contribution in [-0.2, 0) is 22.4 Å². The van der Waals surface area contributed by atoms with Crippen molar-refractivity contribution in [3.8, 4) is 11.5 Å². The molecule has 6 heteroatoms. The molecule has 3 aromatic rings. The van der Waals surface area contributed by atoms with Gasteiger partial charge in [0.2, 0.25) is 0 Å². The fourth-order valence-electron chi connectivity index (χ4n) is 3.05. The van der Waals surface area contributed by atoms with E-state index in [4.69, 9.17) is 27.9 Å². The molecule has 0 aliphatic carbocycles. The summed E-state index contributed by atoms with van der Waals surface area (Å²) in [7, 11) is 1.29. The summed E-state index contributed by atoms with van der Waals surface area (Å²) >= 11 is 12.8. The Hall–Kier alpha value is -2.69. The van der Waals surface area contributed by atoms with E-state index in [0.29, 0.717) is 28.6 Å². The van der Waals surface area contributed by atoms with Crippen molar-refractivity contribution in [3.05, 3.63) is 92.5 Å². The minimum atomic E-state index is -0.489. The van der Waals surface area contributed by atoms with Crippen molar-refractivity contribution in [2.75, 3.05) is 13.7 Å². The van der Waals surface area contributed by atoms with Crippen molar-refractivity contribution in [1.82, 2.24) is 0 Å². The monoisotopic (exact) mass is 444 g/mol. The Morgan fingerprint density at radius 1 is 0.933 bits per heavy atom. The van der Waals surface area contributed by atoms with Crippen molar-refractivity contribution in [3.63, 3.8) is 0 Å². The van der Waals surface area contributed by atoms with Gasteiger partial charge in [-0.15, -0.1) is 0 Å². The maximum absolute atomic E-state index is 11.2. The summed E-state index contributed by atoms with van der Waals surface area (Å²) in [6, 6.07) is 17.0. The normalized spacial score (nSPS) is 10.7. The second kappa shape index (κ2) is 9.88. The van der Waals surface area contributed by atoms with Crippen LogP contribution < -0.4 is 4.74 Å². The van der Waals surface area contributed by atoms with E-state index >= 15 is 0 Å². The topological polar surface area (TPSA) is 55.8 Å². The Kier molecular flexibility index (Phi) is 7.24. The molecule has 1 N–H and O–H groups in total. The third-order valence-corrected chi connectivity index (χ3v) is 5.41. The molecule has 0 bridgehead atoms. The van der Waals surface area contributed by atoms with Crippen molar-refractivity contribution >= 4 is 29.2 Å². The molecule has 0 aliphatic heterocycles. The minimum Gasteiger partial charge on any atom is -0.508 e. The van der Waals surface area contributed by atoms with Crippen LogP contribution in [0, 0.1) is 6.92 Å². The number of methoxy groups -OCH3 is 1. The Labute approximate surface area is 186 Å². The predicted molar refractivity (Wildman–Crippen MR) is 119 cm³/mol.